The van der Waals surface area contributed by atoms with E-state index < -0.39 is 5.82 Å². The fourth-order valence-corrected chi connectivity index (χ4v) is 2.26. The Kier molecular flexibility index (Phi) is 4.23. The molecule has 0 unspecified atom stereocenters. The zero-order valence-electron chi connectivity index (χ0n) is 11.9. The summed E-state index contributed by atoms with van der Waals surface area (Å²) in [5.74, 6) is -0.302. The highest BCUT2D eigenvalue weighted by Gasteiger charge is 2.21. The summed E-state index contributed by atoms with van der Waals surface area (Å²) >= 11 is 0. The van der Waals surface area contributed by atoms with Crippen LogP contribution in [0.1, 0.15) is 43.7 Å². The van der Waals surface area contributed by atoms with E-state index in [2.05, 4.69) is 13.8 Å². The number of Topliss-reactive ketones (excluding diaryl/α,β-unsaturated/α-hetero) is 1. The molecule has 3 nitrogen and oxygen atoms in total. The molecule has 0 fully saturated rings. The maximum atomic E-state index is 13.5. The minimum absolute atomic E-state index is 0.0294. The van der Waals surface area contributed by atoms with Gasteiger partial charge in [0.05, 0.1) is 0 Å². The molecular formula is C16H20FNO2. The number of rotatable bonds is 6. The smallest absolute Gasteiger partial charge is 0.198 e. The molecule has 2 aromatic rings. The number of halogens is 1. The van der Waals surface area contributed by atoms with E-state index in [0.29, 0.717) is 18.4 Å². The molecule has 1 aromatic heterocycles. The van der Waals surface area contributed by atoms with Crippen LogP contribution in [0.3, 0.4) is 0 Å². The van der Waals surface area contributed by atoms with Crippen molar-refractivity contribution in [2.24, 2.45) is 11.1 Å². The Morgan fingerprint density at radius 1 is 1.35 bits per heavy atom. The van der Waals surface area contributed by atoms with Gasteiger partial charge in [0.15, 0.2) is 22.9 Å². The number of furan rings is 1. The van der Waals surface area contributed by atoms with Crippen molar-refractivity contribution in [1.29, 1.82) is 0 Å². The second kappa shape index (κ2) is 5.75. The molecule has 0 radical (unpaired) electrons. The number of ketones is 1. The van der Waals surface area contributed by atoms with Gasteiger partial charge >= 0.3 is 0 Å². The van der Waals surface area contributed by atoms with Crippen molar-refractivity contribution in [2.45, 2.75) is 33.1 Å². The number of nitrogens with two attached hydrogens (primary N) is 1. The number of hydrogen-bond donors (Lipinski definition) is 1. The fraction of sp³-hybridized carbons (Fsp3) is 0.438. The first-order valence-corrected chi connectivity index (χ1v) is 6.84. The van der Waals surface area contributed by atoms with Gasteiger partial charge in [-0.2, -0.15) is 0 Å². The third kappa shape index (κ3) is 3.25. The Morgan fingerprint density at radius 2 is 2.10 bits per heavy atom. The van der Waals surface area contributed by atoms with Crippen LogP contribution in [0.15, 0.2) is 28.7 Å². The quantitative estimate of drug-likeness (QED) is 0.814. The average molecular weight is 277 g/mol. The van der Waals surface area contributed by atoms with E-state index in [4.69, 9.17) is 10.2 Å². The van der Waals surface area contributed by atoms with Gasteiger partial charge in [0.25, 0.3) is 0 Å². The zero-order valence-corrected chi connectivity index (χ0v) is 11.9. The monoisotopic (exact) mass is 277 g/mol. The van der Waals surface area contributed by atoms with Gasteiger partial charge in [0.1, 0.15) is 0 Å². The summed E-state index contributed by atoms with van der Waals surface area (Å²) in [6, 6.07) is 6.27. The first-order chi connectivity index (χ1) is 9.43. The lowest BCUT2D eigenvalue weighted by Crippen LogP contribution is -2.18. The molecule has 108 valence electrons. The molecule has 2 N–H and O–H groups in total. The molecule has 0 atom stereocenters. The van der Waals surface area contributed by atoms with Crippen LogP contribution in [0.25, 0.3) is 11.0 Å². The summed E-state index contributed by atoms with van der Waals surface area (Å²) in [6.45, 7) is 4.79. The molecule has 0 saturated carbocycles. The molecule has 2 rings (SSSR count). The summed E-state index contributed by atoms with van der Waals surface area (Å²) in [5, 5.41) is 0.620. The molecule has 1 aromatic carbocycles. The Balaban J connectivity index is 2.10. The van der Waals surface area contributed by atoms with Crippen LogP contribution >= 0.6 is 0 Å². The summed E-state index contributed by atoms with van der Waals surface area (Å²) in [6.07, 6.45) is 1.99. The van der Waals surface area contributed by atoms with Crippen molar-refractivity contribution in [1.82, 2.24) is 0 Å². The van der Waals surface area contributed by atoms with Gasteiger partial charge in [0.2, 0.25) is 0 Å². The molecular weight excluding hydrogens is 257 g/mol. The SMILES string of the molecule is CC(C)(CCN)CCC(=O)c1cc2cccc(F)c2o1. The maximum Gasteiger partial charge on any atom is 0.198 e. The number of carbonyl (C=O) groups is 1. The first kappa shape index (κ1) is 14.7. The molecule has 0 aliphatic rings. The van der Waals surface area contributed by atoms with Gasteiger partial charge in [-0.25, -0.2) is 4.39 Å². The predicted octanol–water partition coefficient (Wildman–Crippen LogP) is 3.91. The lowest BCUT2D eigenvalue weighted by Gasteiger charge is -2.22. The summed E-state index contributed by atoms with van der Waals surface area (Å²) in [7, 11) is 0. The number of benzene rings is 1. The highest BCUT2D eigenvalue weighted by Crippen LogP contribution is 2.28. The Labute approximate surface area is 117 Å². The lowest BCUT2D eigenvalue weighted by molar-refractivity contribution is 0.0936. The summed E-state index contributed by atoms with van der Waals surface area (Å²) in [4.78, 5) is 12.1. The normalized spacial score (nSPS) is 12.0. The van der Waals surface area contributed by atoms with Gasteiger partial charge in [-0.3, -0.25) is 4.79 Å². The molecule has 0 saturated heterocycles. The molecule has 0 aliphatic heterocycles. The van der Waals surface area contributed by atoms with Crippen LogP contribution < -0.4 is 5.73 Å². The maximum absolute atomic E-state index is 13.5. The second-order valence-electron chi connectivity index (χ2n) is 5.89. The van der Waals surface area contributed by atoms with Crippen molar-refractivity contribution < 1.29 is 13.6 Å². The van der Waals surface area contributed by atoms with Crippen molar-refractivity contribution >= 4 is 16.8 Å². The van der Waals surface area contributed by atoms with Crippen molar-refractivity contribution in [3.05, 3.63) is 35.8 Å². The van der Waals surface area contributed by atoms with Crippen molar-refractivity contribution in [3.8, 4) is 0 Å². The van der Waals surface area contributed by atoms with Crippen LogP contribution in [0, 0.1) is 11.2 Å². The van der Waals surface area contributed by atoms with Gasteiger partial charge in [-0.05, 0) is 36.9 Å². The van der Waals surface area contributed by atoms with E-state index in [-0.39, 0.29) is 22.5 Å². The number of fused-ring (bicyclic) bond motifs is 1. The molecule has 4 heteroatoms. The molecule has 0 aliphatic carbocycles. The number of carbonyl (C=O) groups excluding carboxylic acids is 1. The van der Waals surface area contributed by atoms with E-state index in [0.717, 1.165) is 12.8 Å². The number of hydrogen-bond acceptors (Lipinski definition) is 3. The van der Waals surface area contributed by atoms with E-state index in [1.54, 1.807) is 18.2 Å². The van der Waals surface area contributed by atoms with Gasteiger partial charge in [-0.1, -0.05) is 26.0 Å². The van der Waals surface area contributed by atoms with Crippen molar-refractivity contribution in [3.63, 3.8) is 0 Å². The third-order valence-corrected chi connectivity index (χ3v) is 3.62. The van der Waals surface area contributed by atoms with Crippen LogP contribution in [0.2, 0.25) is 0 Å². The second-order valence-corrected chi connectivity index (χ2v) is 5.89. The number of para-hydroxylation sites is 1. The third-order valence-electron chi connectivity index (χ3n) is 3.62. The minimum atomic E-state index is -0.440. The van der Waals surface area contributed by atoms with E-state index in [1.807, 2.05) is 0 Å². The Hall–Kier alpha value is -1.68. The highest BCUT2D eigenvalue weighted by atomic mass is 19.1. The van der Waals surface area contributed by atoms with Crippen LogP contribution in [-0.2, 0) is 0 Å². The van der Waals surface area contributed by atoms with Crippen LogP contribution in [0.4, 0.5) is 4.39 Å². The van der Waals surface area contributed by atoms with Crippen LogP contribution in [0.5, 0.6) is 0 Å². The standard InChI is InChI=1S/C16H20FNO2/c1-16(2,8-9-18)7-6-13(19)14-10-11-4-3-5-12(17)15(11)20-14/h3-5,10H,6-9,18H2,1-2H3. The van der Waals surface area contributed by atoms with Gasteiger partial charge in [-0.15, -0.1) is 0 Å². The van der Waals surface area contributed by atoms with Gasteiger partial charge < -0.3 is 10.2 Å². The Bertz CT molecular complexity index is 616. The van der Waals surface area contributed by atoms with E-state index in [9.17, 15) is 9.18 Å². The zero-order chi connectivity index (χ0) is 14.8. The summed E-state index contributed by atoms with van der Waals surface area (Å²) in [5.41, 5.74) is 5.73. The highest BCUT2D eigenvalue weighted by molar-refractivity contribution is 5.97. The molecule has 1 heterocycles. The predicted molar refractivity (Wildman–Crippen MR) is 77.2 cm³/mol. The molecule has 0 spiro atoms. The molecule has 0 bridgehead atoms. The van der Waals surface area contributed by atoms with E-state index in [1.165, 1.54) is 6.07 Å². The molecule has 0 amide bonds. The van der Waals surface area contributed by atoms with Crippen molar-refractivity contribution in [2.75, 3.05) is 6.54 Å². The van der Waals surface area contributed by atoms with E-state index >= 15 is 0 Å². The summed E-state index contributed by atoms with van der Waals surface area (Å²) < 4.78 is 18.9. The lowest BCUT2D eigenvalue weighted by atomic mass is 9.83. The fourth-order valence-electron chi connectivity index (χ4n) is 2.26. The minimum Gasteiger partial charge on any atom is -0.450 e. The largest absolute Gasteiger partial charge is 0.450 e. The first-order valence-electron chi connectivity index (χ1n) is 6.84. The average Bonchev–Trinajstić information content (AvgIpc) is 2.81. The topological polar surface area (TPSA) is 56.2 Å². The van der Waals surface area contributed by atoms with Crippen LogP contribution in [-0.4, -0.2) is 12.3 Å². The molecule has 20 heavy (non-hydrogen) atoms. The van der Waals surface area contributed by atoms with Gasteiger partial charge in [0, 0.05) is 11.8 Å². The Morgan fingerprint density at radius 3 is 2.75 bits per heavy atom.